The Kier molecular flexibility index (Phi) is 5.35. The van der Waals surface area contributed by atoms with Crippen molar-refractivity contribution in [3.8, 4) is 5.75 Å². The molecule has 0 saturated carbocycles. The molecule has 0 aliphatic heterocycles. The quantitative estimate of drug-likeness (QED) is 0.831. The Morgan fingerprint density at radius 3 is 2.55 bits per heavy atom. The van der Waals surface area contributed by atoms with E-state index in [1.807, 2.05) is 0 Å². The Morgan fingerprint density at radius 2 is 2.05 bits per heavy atom. The van der Waals surface area contributed by atoms with Crippen LogP contribution in [0, 0.1) is 0 Å². The molecule has 112 valence electrons. The summed E-state index contributed by atoms with van der Waals surface area (Å²) in [7, 11) is 3.08. The van der Waals surface area contributed by atoms with Crippen molar-refractivity contribution < 1.29 is 19.5 Å². The molecule has 0 aromatic heterocycles. The van der Waals surface area contributed by atoms with Gasteiger partial charge in [0.05, 0.1) is 13.7 Å². The van der Waals surface area contributed by atoms with Gasteiger partial charge < -0.3 is 14.7 Å². The minimum absolute atomic E-state index is 0.252. The van der Waals surface area contributed by atoms with Gasteiger partial charge in [-0.1, -0.05) is 0 Å². The number of nitrogens with zero attached hydrogens (tertiary/aromatic N) is 1. The summed E-state index contributed by atoms with van der Waals surface area (Å²) in [6.45, 7) is 5.64. The lowest BCUT2D eigenvalue weighted by molar-refractivity contribution is -0.0730. The average Bonchev–Trinajstić information content (AvgIpc) is 2.28. The maximum atomic E-state index is 11.8. The molecule has 1 aromatic rings. The Bertz CT molecular complexity index is 467. The van der Waals surface area contributed by atoms with Gasteiger partial charge in [-0.2, -0.15) is 5.06 Å². The van der Waals surface area contributed by atoms with Crippen molar-refractivity contribution >= 4 is 11.8 Å². The largest absolute Gasteiger partial charge is 0.497 e. The van der Waals surface area contributed by atoms with Gasteiger partial charge in [-0.3, -0.25) is 5.32 Å². The first kappa shape index (κ1) is 16.3. The van der Waals surface area contributed by atoms with Crippen molar-refractivity contribution in [3.63, 3.8) is 0 Å². The van der Waals surface area contributed by atoms with Crippen molar-refractivity contribution in [1.82, 2.24) is 5.06 Å². The van der Waals surface area contributed by atoms with Gasteiger partial charge in [0.15, 0.2) is 0 Å². The molecule has 0 heterocycles. The highest BCUT2D eigenvalue weighted by Gasteiger charge is 2.17. The van der Waals surface area contributed by atoms with Gasteiger partial charge in [0.1, 0.15) is 11.4 Å². The van der Waals surface area contributed by atoms with E-state index < -0.39 is 11.7 Å². The molecule has 0 unspecified atom stereocenters. The predicted octanol–water partition coefficient (Wildman–Crippen LogP) is 2.86. The van der Waals surface area contributed by atoms with Crippen LogP contribution in [0.2, 0.25) is 0 Å². The van der Waals surface area contributed by atoms with E-state index in [-0.39, 0.29) is 6.54 Å². The van der Waals surface area contributed by atoms with Crippen molar-refractivity contribution in [3.05, 3.63) is 23.8 Å². The summed E-state index contributed by atoms with van der Waals surface area (Å²) >= 11 is 0. The summed E-state index contributed by atoms with van der Waals surface area (Å²) in [4.78, 5) is 11.8. The fourth-order valence-corrected chi connectivity index (χ4v) is 1.61. The molecule has 0 radical (unpaired) electrons. The number of rotatable bonds is 4. The van der Waals surface area contributed by atoms with Crippen LogP contribution >= 0.6 is 0 Å². The predicted molar refractivity (Wildman–Crippen MR) is 76.1 cm³/mol. The highest BCUT2D eigenvalue weighted by Crippen LogP contribution is 2.23. The van der Waals surface area contributed by atoms with Gasteiger partial charge in [-0.15, -0.1) is 0 Å². The molecule has 0 spiro atoms. The van der Waals surface area contributed by atoms with E-state index >= 15 is 0 Å². The molecule has 1 rings (SSSR count). The summed E-state index contributed by atoms with van der Waals surface area (Å²) in [5, 5.41) is 13.1. The SMILES string of the molecule is COc1ccc(NC(=O)OC(C)(C)C)c(CN(C)O)c1. The topological polar surface area (TPSA) is 71.0 Å². The number of nitrogens with one attached hydrogen (secondary N) is 1. The highest BCUT2D eigenvalue weighted by atomic mass is 16.6. The lowest BCUT2D eigenvalue weighted by atomic mass is 10.1. The maximum absolute atomic E-state index is 11.8. The number of carbonyl (C=O) groups excluding carboxylic acids is 1. The maximum Gasteiger partial charge on any atom is 0.412 e. The van der Waals surface area contributed by atoms with Crippen LogP contribution in [0.4, 0.5) is 10.5 Å². The molecule has 0 aliphatic rings. The fourth-order valence-electron chi connectivity index (χ4n) is 1.61. The van der Waals surface area contributed by atoms with E-state index in [1.54, 1.807) is 46.1 Å². The molecule has 6 heteroatoms. The number of benzene rings is 1. The van der Waals surface area contributed by atoms with Crippen molar-refractivity contribution in [2.24, 2.45) is 0 Å². The van der Waals surface area contributed by atoms with Gasteiger partial charge in [0.25, 0.3) is 0 Å². The number of ether oxygens (including phenoxy) is 2. The fraction of sp³-hybridized carbons (Fsp3) is 0.500. The second-order valence-corrected chi connectivity index (χ2v) is 5.47. The number of carbonyl (C=O) groups is 1. The first-order valence-corrected chi connectivity index (χ1v) is 6.28. The number of hydroxylamine groups is 2. The summed E-state index contributed by atoms with van der Waals surface area (Å²) in [5.74, 6) is 0.650. The van der Waals surface area contributed by atoms with Crippen LogP contribution in [0.15, 0.2) is 18.2 Å². The van der Waals surface area contributed by atoms with Crippen LogP contribution in [0.1, 0.15) is 26.3 Å². The Morgan fingerprint density at radius 1 is 1.40 bits per heavy atom. The van der Waals surface area contributed by atoms with Crippen molar-refractivity contribution in [1.29, 1.82) is 0 Å². The number of methoxy groups -OCH3 is 1. The van der Waals surface area contributed by atoms with Crippen LogP contribution in [-0.4, -0.2) is 36.1 Å². The van der Waals surface area contributed by atoms with Gasteiger partial charge in [0, 0.05) is 12.7 Å². The Hall–Kier alpha value is -1.79. The molecular formula is C14H22N2O4. The lowest BCUT2D eigenvalue weighted by Crippen LogP contribution is -2.27. The number of amides is 1. The zero-order valence-corrected chi connectivity index (χ0v) is 12.6. The molecule has 0 atom stereocenters. The molecular weight excluding hydrogens is 260 g/mol. The van der Waals surface area contributed by atoms with E-state index in [2.05, 4.69) is 5.32 Å². The summed E-state index contributed by atoms with van der Waals surface area (Å²) in [5.41, 5.74) is 0.728. The van der Waals surface area contributed by atoms with E-state index in [9.17, 15) is 10.0 Å². The van der Waals surface area contributed by atoms with E-state index in [1.165, 1.54) is 7.05 Å². The van der Waals surface area contributed by atoms with Crippen LogP contribution in [-0.2, 0) is 11.3 Å². The minimum atomic E-state index is -0.565. The first-order valence-electron chi connectivity index (χ1n) is 6.28. The normalized spacial score (nSPS) is 11.3. The van der Waals surface area contributed by atoms with Gasteiger partial charge in [-0.05, 0) is 44.5 Å². The Balaban J connectivity index is 2.90. The molecule has 0 aliphatic carbocycles. The lowest BCUT2D eigenvalue weighted by Gasteiger charge is -2.21. The molecule has 0 bridgehead atoms. The minimum Gasteiger partial charge on any atom is -0.497 e. The number of anilines is 1. The average molecular weight is 282 g/mol. The highest BCUT2D eigenvalue weighted by molar-refractivity contribution is 5.86. The van der Waals surface area contributed by atoms with E-state index in [0.717, 1.165) is 10.6 Å². The molecule has 1 amide bonds. The zero-order valence-electron chi connectivity index (χ0n) is 12.6. The second kappa shape index (κ2) is 6.58. The van der Waals surface area contributed by atoms with Crippen LogP contribution < -0.4 is 10.1 Å². The molecule has 0 saturated heterocycles. The molecule has 1 aromatic carbocycles. The number of hydrogen-bond acceptors (Lipinski definition) is 5. The van der Waals surface area contributed by atoms with Crippen LogP contribution in [0.3, 0.4) is 0 Å². The van der Waals surface area contributed by atoms with Crippen molar-refractivity contribution in [2.75, 3.05) is 19.5 Å². The monoisotopic (exact) mass is 282 g/mol. The van der Waals surface area contributed by atoms with Crippen LogP contribution in [0.5, 0.6) is 5.75 Å². The summed E-state index contributed by atoms with van der Waals surface area (Å²) < 4.78 is 10.3. The van der Waals surface area contributed by atoms with Crippen LogP contribution in [0.25, 0.3) is 0 Å². The Labute approximate surface area is 119 Å². The van der Waals surface area contributed by atoms with Gasteiger partial charge in [-0.25, -0.2) is 4.79 Å². The zero-order chi connectivity index (χ0) is 15.3. The first-order chi connectivity index (χ1) is 9.21. The summed E-state index contributed by atoms with van der Waals surface area (Å²) in [6, 6.07) is 5.19. The second-order valence-electron chi connectivity index (χ2n) is 5.47. The molecule has 2 N–H and O–H groups in total. The van der Waals surface area contributed by atoms with Gasteiger partial charge >= 0.3 is 6.09 Å². The van der Waals surface area contributed by atoms with E-state index in [0.29, 0.717) is 11.4 Å². The number of hydrogen-bond donors (Lipinski definition) is 2. The molecule has 6 nitrogen and oxygen atoms in total. The summed E-state index contributed by atoms with van der Waals surface area (Å²) in [6.07, 6.45) is -0.537. The standard InChI is InChI=1S/C14H22N2O4/c1-14(2,3)20-13(17)15-12-7-6-11(19-5)8-10(12)9-16(4)18/h6-8,18H,9H2,1-5H3,(H,15,17). The third kappa shape index (κ3) is 5.46. The third-order valence-corrected chi connectivity index (χ3v) is 2.35. The molecule has 20 heavy (non-hydrogen) atoms. The molecule has 0 fully saturated rings. The smallest absolute Gasteiger partial charge is 0.412 e. The van der Waals surface area contributed by atoms with Crippen molar-refractivity contribution in [2.45, 2.75) is 32.9 Å². The third-order valence-electron chi connectivity index (χ3n) is 2.35. The van der Waals surface area contributed by atoms with Gasteiger partial charge in [0.2, 0.25) is 0 Å². The van der Waals surface area contributed by atoms with E-state index in [4.69, 9.17) is 9.47 Å².